The summed E-state index contributed by atoms with van der Waals surface area (Å²) >= 11 is 3.03. The van der Waals surface area contributed by atoms with Gasteiger partial charge >= 0.3 is 55.1 Å². The Morgan fingerprint density at radius 3 is 1.71 bits per heavy atom. The van der Waals surface area contributed by atoms with Crippen LogP contribution in [0.2, 0.25) is 31.0 Å². The van der Waals surface area contributed by atoms with Crippen molar-refractivity contribution in [1.29, 1.82) is 0 Å². The topological polar surface area (TPSA) is 0 Å². The third-order valence-corrected chi connectivity index (χ3v) is 3.84. The first-order chi connectivity index (χ1) is 3.06. The van der Waals surface area contributed by atoms with E-state index < -0.39 is 8.07 Å². The van der Waals surface area contributed by atoms with Crippen molar-refractivity contribution in [3.63, 3.8) is 0 Å². The van der Waals surface area contributed by atoms with Crippen molar-refractivity contribution in [2.45, 2.75) is 31.0 Å². The molecule has 0 heterocycles. The summed E-state index contributed by atoms with van der Waals surface area (Å²) in [5.41, 5.74) is 0. The van der Waals surface area contributed by atoms with E-state index in [0.29, 0.717) is 0 Å². The minimum atomic E-state index is -0.688. The molecule has 0 atom stereocenters. The molecular formula is C5H13SeSi. The van der Waals surface area contributed by atoms with Gasteiger partial charge in [-0.25, -0.2) is 0 Å². The molecule has 7 heavy (non-hydrogen) atoms. The molecule has 0 N–H and O–H groups in total. The van der Waals surface area contributed by atoms with Gasteiger partial charge in [-0.1, -0.05) is 0 Å². The maximum absolute atomic E-state index is 3.03. The molecule has 0 amide bonds. The van der Waals surface area contributed by atoms with E-state index in [1.165, 1.54) is 11.4 Å². The molecule has 43 valence electrons. The Bertz CT molecular complexity index is 46.5. The van der Waals surface area contributed by atoms with Crippen LogP contribution in [0.15, 0.2) is 0 Å². The Labute approximate surface area is 55.5 Å². The second-order valence-electron chi connectivity index (χ2n) is 3.01. The van der Waals surface area contributed by atoms with Crippen LogP contribution >= 0.6 is 0 Å². The van der Waals surface area contributed by atoms with Crippen LogP contribution in [0, 0.1) is 0 Å². The Balaban J connectivity index is 3.15. The van der Waals surface area contributed by atoms with E-state index in [0.717, 1.165) is 0 Å². The van der Waals surface area contributed by atoms with Gasteiger partial charge in [0, 0.05) is 0 Å². The molecule has 0 unspecified atom stereocenters. The SMILES string of the molecule is C[Si](C)(C)CC[Se]. The molecule has 0 aliphatic carbocycles. The monoisotopic (exact) mass is 181 g/mol. The molecule has 0 fully saturated rings. The Kier molecular flexibility index (Phi) is 3.21. The third kappa shape index (κ3) is 6.74. The minimum absolute atomic E-state index is 0.688. The van der Waals surface area contributed by atoms with E-state index in [2.05, 4.69) is 35.7 Å². The number of hydrogen-bond acceptors (Lipinski definition) is 0. The second-order valence-corrected chi connectivity index (χ2v) is 9.49. The third-order valence-electron chi connectivity index (χ3n) is 0.852. The van der Waals surface area contributed by atoms with Crippen molar-refractivity contribution in [2.75, 3.05) is 0 Å². The summed E-state index contributed by atoms with van der Waals surface area (Å²) in [5, 5.41) is 1.25. The summed E-state index contributed by atoms with van der Waals surface area (Å²) in [6.07, 6.45) is 0. The molecule has 0 saturated heterocycles. The summed E-state index contributed by atoms with van der Waals surface area (Å²) in [7, 11) is -0.688. The summed E-state index contributed by atoms with van der Waals surface area (Å²) in [6, 6.07) is 1.42. The Hall–Kier alpha value is 0.736. The molecule has 0 bridgehead atoms. The van der Waals surface area contributed by atoms with E-state index in [1.54, 1.807) is 0 Å². The molecule has 0 aromatic rings. The van der Waals surface area contributed by atoms with Crippen molar-refractivity contribution >= 4 is 24.1 Å². The molecule has 0 saturated carbocycles. The molecule has 0 rings (SSSR count). The quantitative estimate of drug-likeness (QED) is 0.569. The first-order valence-corrected chi connectivity index (χ1v) is 7.56. The summed E-state index contributed by atoms with van der Waals surface area (Å²) in [5.74, 6) is 0. The fraction of sp³-hybridized carbons (Fsp3) is 1.00. The second kappa shape index (κ2) is 2.90. The van der Waals surface area contributed by atoms with E-state index in [4.69, 9.17) is 0 Å². The molecular weight excluding hydrogens is 167 g/mol. The van der Waals surface area contributed by atoms with E-state index in [1.807, 2.05) is 0 Å². The molecule has 0 spiro atoms. The van der Waals surface area contributed by atoms with Gasteiger partial charge in [-0.2, -0.15) is 0 Å². The van der Waals surface area contributed by atoms with Gasteiger partial charge in [0.05, 0.1) is 0 Å². The van der Waals surface area contributed by atoms with Crippen LogP contribution in [0.3, 0.4) is 0 Å². The average Bonchev–Trinajstić information content (AvgIpc) is 1.30. The van der Waals surface area contributed by atoms with Crippen molar-refractivity contribution in [2.24, 2.45) is 0 Å². The predicted molar refractivity (Wildman–Crippen MR) is 38.7 cm³/mol. The van der Waals surface area contributed by atoms with Gasteiger partial charge in [-0.05, 0) is 0 Å². The molecule has 0 aliphatic rings. The van der Waals surface area contributed by atoms with E-state index >= 15 is 0 Å². The van der Waals surface area contributed by atoms with Crippen LogP contribution in [-0.4, -0.2) is 24.1 Å². The van der Waals surface area contributed by atoms with Crippen molar-refractivity contribution in [3.8, 4) is 0 Å². The van der Waals surface area contributed by atoms with E-state index in [-0.39, 0.29) is 0 Å². The van der Waals surface area contributed by atoms with Gasteiger partial charge in [-0.15, -0.1) is 0 Å². The van der Waals surface area contributed by atoms with Gasteiger partial charge in [0.25, 0.3) is 0 Å². The van der Waals surface area contributed by atoms with Crippen molar-refractivity contribution < 1.29 is 0 Å². The zero-order valence-electron chi connectivity index (χ0n) is 5.32. The predicted octanol–water partition coefficient (Wildman–Crippen LogP) is 1.91. The van der Waals surface area contributed by atoms with Gasteiger partial charge < -0.3 is 0 Å². The van der Waals surface area contributed by atoms with Crippen LogP contribution in [0.4, 0.5) is 0 Å². The van der Waals surface area contributed by atoms with Crippen molar-refractivity contribution in [1.82, 2.24) is 0 Å². The normalized spacial score (nSPS) is 12.0. The van der Waals surface area contributed by atoms with Gasteiger partial charge in [0.2, 0.25) is 0 Å². The van der Waals surface area contributed by atoms with Crippen molar-refractivity contribution in [3.05, 3.63) is 0 Å². The first kappa shape index (κ1) is 7.74. The maximum atomic E-state index is 3.03. The van der Waals surface area contributed by atoms with Crippen LogP contribution in [0.5, 0.6) is 0 Å². The van der Waals surface area contributed by atoms with Crippen LogP contribution < -0.4 is 0 Å². The van der Waals surface area contributed by atoms with Crippen LogP contribution in [-0.2, 0) is 0 Å². The summed E-state index contributed by atoms with van der Waals surface area (Å²) in [6.45, 7) is 7.18. The molecule has 0 aromatic heterocycles. The fourth-order valence-corrected chi connectivity index (χ4v) is 4.77. The average molecular weight is 180 g/mol. The zero-order chi connectivity index (χ0) is 5.91. The first-order valence-electron chi connectivity index (χ1n) is 2.64. The van der Waals surface area contributed by atoms with Gasteiger partial charge in [-0.3, -0.25) is 0 Å². The molecule has 0 aliphatic heterocycles. The van der Waals surface area contributed by atoms with Gasteiger partial charge in [0.15, 0.2) is 0 Å². The van der Waals surface area contributed by atoms with Gasteiger partial charge in [0.1, 0.15) is 0 Å². The fourth-order valence-electron chi connectivity index (χ4n) is 0.306. The molecule has 1 radical (unpaired) electrons. The molecule has 0 nitrogen and oxygen atoms in total. The Morgan fingerprint density at radius 1 is 1.29 bits per heavy atom. The van der Waals surface area contributed by atoms with E-state index in [9.17, 15) is 0 Å². The summed E-state index contributed by atoms with van der Waals surface area (Å²) < 4.78 is 0. The number of rotatable bonds is 2. The summed E-state index contributed by atoms with van der Waals surface area (Å²) in [4.78, 5) is 0. The molecule has 2 heteroatoms. The zero-order valence-corrected chi connectivity index (χ0v) is 8.04. The standard InChI is InChI=1S/C5H13SeSi/c1-7(2,3)5-4-6/h4-5H2,1-3H3. The van der Waals surface area contributed by atoms with Crippen LogP contribution in [0.25, 0.3) is 0 Å². The number of hydrogen-bond donors (Lipinski definition) is 0. The molecule has 0 aromatic carbocycles. The Morgan fingerprint density at radius 2 is 1.71 bits per heavy atom. The van der Waals surface area contributed by atoms with Crippen LogP contribution in [0.1, 0.15) is 0 Å².